The average Bonchev–Trinajstić information content (AvgIpc) is 2.28. The number of anilines is 1. The minimum Gasteiger partial charge on any atom is -0.491 e. The van der Waals surface area contributed by atoms with Gasteiger partial charge < -0.3 is 10.5 Å². The Bertz CT molecular complexity index is 496. The van der Waals surface area contributed by atoms with Gasteiger partial charge in [0.25, 0.3) is 0 Å². The van der Waals surface area contributed by atoms with Crippen LogP contribution in [-0.4, -0.2) is 6.61 Å². The molecule has 0 amide bonds. The number of ether oxygens (including phenoxy) is 1. The van der Waals surface area contributed by atoms with Gasteiger partial charge in [0, 0.05) is 6.42 Å². The summed E-state index contributed by atoms with van der Waals surface area (Å²) in [5, 5.41) is 0. The molecule has 2 nitrogen and oxygen atoms in total. The van der Waals surface area contributed by atoms with Crippen LogP contribution in [0.15, 0.2) is 35.6 Å². The van der Waals surface area contributed by atoms with E-state index in [-0.39, 0.29) is 11.4 Å². The van der Waals surface area contributed by atoms with Gasteiger partial charge in [0.2, 0.25) is 0 Å². The zero-order valence-corrected chi connectivity index (χ0v) is 10.8. The highest BCUT2D eigenvalue weighted by molar-refractivity contribution is 5.54. The fourth-order valence-electron chi connectivity index (χ4n) is 1.36. The largest absolute Gasteiger partial charge is 0.491 e. The first-order valence-electron chi connectivity index (χ1n) is 5.78. The number of halogens is 3. The Morgan fingerprint density at radius 3 is 2.58 bits per heavy atom. The second-order valence-electron chi connectivity index (χ2n) is 4.24. The summed E-state index contributed by atoms with van der Waals surface area (Å²) >= 11 is 0. The Morgan fingerprint density at radius 1 is 1.37 bits per heavy atom. The van der Waals surface area contributed by atoms with E-state index in [0.717, 1.165) is 17.7 Å². The Labute approximate surface area is 110 Å². The van der Waals surface area contributed by atoms with E-state index >= 15 is 0 Å². The summed E-state index contributed by atoms with van der Waals surface area (Å²) in [6, 6.07) is 3.07. The maximum Gasteiger partial charge on any atom is 0.416 e. The molecular weight excluding hydrogens is 255 g/mol. The fourth-order valence-corrected chi connectivity index (χ4v) is 1.36. The topological polar surface area (TPSA) is 35.2 Å². The molecule has 1 aromatic carbocycles. The molecule has 0 unspecified atom stereocenters. The van der Waals surface area contributed by atoms with E-state index in [1.165, 1.54) is 6.07 Å². The molecule has 104 valence electrons. The molecule has 2 N–H and O–H groups in total. The van der Waals surface area contributed by atoms with Crippen molar-refractivity contribution >= 4 is 5.69 Å². The van der Waals surface area contributed by atoms with Crippen molar-refractivity contribution in [1.82, 2.24) is 0 Å². The number of rotatable bonds is 4. The minimum atomic E-state index is -4.39. The third kappa shape index (κ3) is 5.10. The predicted octanol–water partition coefficient (Wildman–Crippen LogP) is 4.18. The molecule has 5 heteroatoms. The van der Waals surface area contributed by atoms with Gasteiger partial charge in [-0.2, -0.15) is 13.2 Å². The monoisotopic (exact) mass is 271 g/mol. The highest BCUT2D eigenvalue weighted by atomic mass is 19.4. The molecule has 19 heavy (non-hydrogen) atoms. The lowest BCUT2D eigenvalue weighted by Crippen LogP contribution is -2.07. The number of alkyl halides is 3. The Balaban J connectivity index is 2.64. The van der Waals surface area contributed by atoms with Gasteiger partial charge in [-0.1, -0.05) is 0 Å². The molecule has 1 rings (SSSR count). The molecule has 0 aliphatic carbocycles. The summed E-state index contributed by atoms with van der Waals surface area (Å²) in [6.45, 7) is 4.19. The molecule has 0 bridgehead atoms. The maximum absolute atomic E-state index is 12.4. The summed E-state index contributed by atoms with van der Waals surface area (Å²) in [6.07, 6.45) is -1.96. The van der Waals surface area contributed by atoms with Gasteiger partial charge in [-0.05, 0) is 43.7 Å². The lowest BCUT2D eigenvalue weighted by atomic mass is 10.2. The number of nitrogen functional groups attached to an aromatic ring is 1. The lowest BCUT2D eigenvalue weighted by molar-refractivity contribution is -0.137. The number of nitrogens with two attached hydrogens (primary N) is 1. The molecule has 0 aliphatic rings. The number of hydrogen-bond acceptors (Lipinski definition) is 2. The van der Waals surface area contributed by atoms with Crippen molar-refractivity contribution in [3.63, 3.8) is 0 Å². The summed E-state index contributed by atoms with van der Waals surface area (Å²) in [5.41, 5.74) is 8.79. The van der Waals surface area contributed by atoms with Crippen LogP contribution in [0.25, 0.3) is 0 Å². The van der Waals surface area contributed by atoms with Gasteiger partial charge in [-0.3, -0.25) is 0 Å². The van der Waals surface area contributed by atoms with Gasteiger partial charge >= 0.3 is 6.18 Å². The van der Waals surface area contributed by atoms with Crippen LogP contribution in [0, 0.1) is 0 Å². The molecule has 0 saturated heterocycles. The van der Waals surface area contributed by atoms with Crippen molar-refractivity contribution in [2.45, 2.75) is 26.4 Å². The molecule has 1 aromatic rings. The van der Waals surface area contributed by atoms with Crippen molar-refractivity contribution in [2.75, 3.05) is 12.3 Å². The second-order valence-corrected chi connectivity index (χ2v) is 4.24. The van der Waals surface area contributed by atoms with E-state index in [2.05, 4.69) is 5.73 Å². The Morgan fingerprint density at radius 2 is 2.05 bits per heavy atom. The molecule has 0 saturated carbocycles. The third-order valence-electron chi connectivity index (χ3n) is 2.25. The van der Waals surface area contributed by atoms with Crippen LogP contribution in [0.2, 0.25) is 0 Å². The summed E-state index contributed by atoms with van der Waals surface area (Å²) < 4.78 is 42.6. The maximum atomic E-state index is 12.4. The van der Waals surface area contributed by atoms with Crippen LogP contribution in [0.3, 0.4) is 0 Å². The van der Waals surface area contributed by atoms with Crippen LogP contribution >= 0.6 is 0 Å². The molecule has 0 spiro atoms. The average molecular weight is 271 g/mol. The zero-order chi connectivity index (χ0) is 14.5. The van der Waals surface area contributed by atoms with Crippen LogP contribution in [0.5, 0.6) is 5.75 Å². The second kappa shape index (κ2) is 6.34. The molecule has 0 aromatic heterocycles. The van der Waals surface area contributed by atoms with E-state index in [0.29, 0.717) is 13.0 Å². The van der Waals surface area contributed by atoms with E-state index in [1.54, 1.807) is 0 Å². The van der Waals surface area contributed by atoms with Gasteiger partial charge in [0.15, 0.2) is 0 Å². The summed E-state index contributed by atoms with van der Waals surface area (Å²) in [4.78, 5) is 0. The third-order valence-corrected chi connectivity index (χ3v) is 2.25. The van der Waals surface area contributed by atoms with Crippen molar-refractivity contribution in [2.24, 2.45) is 0 Å². The molecular formula is C14H16F3NO. The minimum absolute atomic E-state index is 0.0129. The molecule has 0 radical (unpaired) electrons. The first-order valence-corrected chi connectivity index (χ1v) is 5.78. The lowest BCUT2D eigenvalue weighted by Gasteiger charge is -2.11. The van der Waals surface area contributed by atoms with E-state index in [4.69, 9.17) is 10.5 Å². The Kier molecular flexibility index (Phi) is 5.07. The number of hydrogen-bond donors (Lipinski definition) is 1. The number of benzene rings is 1. The van der Waals surface area contributed by atoms with Crippen molar-refractivity contribution in [3.05, 3.63) is 41.1 Å². The molecule has 0 heterocycles. The first-order chi connectivity index (χ1) is 8.80. The van der Waals surface area contributed by atoms with Crippen LogP contribution in [0.1, 0.15) is 25.8 Å². The molecule has 0 fully saturated rings. The fraction of sp³-hybridized carbons (Fsp3) is 0.357. The summed E-state index contributed by atoms with van der Waals surface area (Å²) in [7, 11) is 0. The highest BCUT2D eigenvalue weighted by Crippen LogP contribution is 2.33. The Hall–Kier alpha value is -1.87. The van der Waals surface area contributed by atoms with Gasteiger partial charge in [-0.25, -0.2) is 0 Å². The van der Waals surface area contributed by atoms with Crippen molar-refractivity contribution in [3.8, 4) is 5.75 Å². The zero-order valence-electron chi connectivity index (χ0n) is 10.8. The SMILES string of the molecule is CC(C)=C=CCCOc1ccc(C(F)(F)F)cc1N. The van der Waals surface area contributed by atoms with Crippen molar-refractivity contribution in [1.29, 1.82) is 0 Å². The smallest absolute Gasteiger partial charge is 0.416 e. The van der Waals surface area contributed by atoms with Gasteiger partial charge in [-0.15, -0.1) is 5.73 Å². The quantitative estimate of drug-likeness (QED) is 0.506. The summed E-state index contributed by atoms with van der Waals surface area (Å²) in [5.74, 6) is 0.263. The van der Waals surface area contributed by atoms with E-state index in [9.17, 15) is 13.2 Å². The van der Waals surface area contributed by atoms with Crippen LogP contribution in [0.4, 0.5) is 18.9 Å². The van der Waals surface area contributed by atoms with Crippen LogP contribution in [-0.2, 0) is 6.18 Å². The van der Waals surface area contributed by atoms with E-state index in [1.807, 2.05) is 19.9 Å². The van der Waals surface area contributed by atoms with E-state index < -0.39 is 11.7 Å². The van der Waals surface area contributed by atoms with Gasteiger partial charge in [0.1, 0.15) is 5.75 Å². The van der Waals surface area contributed by atoms with Crippen molar-refractivity contribution < 1.29 is 17.9 Å². The first kappa shape index (κ1) is 15.2. The van der Waals surface area contributed by atoms with Gasteiger partial charge in [0.05, 0.1) is 17.9 Å². The van der Waals surface area contributed by atoms with Crippen LogP contribution < -0.4 is 10.5 Å². The highest BCUT2D eigenvalue weighted by Gasteiger charge is 2.30. The molecule has 0 atom stereocenters. The predicted molar refractivity (Wildman–Crippen MR) is 68.9 cm³/mol. The standard InChI is InChI=1S/C14H16F3NO/c1-10(2)5-3-4-8-19-13-7-6-11(9-12(13)18)14(15,16)17/h3,6-7,9H,4,8,18H2,1-2H3. The normalized spacial score (nSPS) is 10.8. The molecule has 0 aliphatic heterocycles.